The zero-order valence-electron chi connectivity index (χ0n) is 24.1. The fourth-order valence-electron chi connectivity index (χ4n) is 5.83. The van der Waals surface area contributed by atoms with Crippen LogP contribution in [0.2, 0.25) is 0 Å². The normalized spacial score (nSPS) is 21.4. The summed E-state index contributed by atoms with van der Waals surface area (Å²) in [4.78, 5) is 18.9. The van der Waals surface area contributed by atoms with E-state index in [1.165, 1.54) is 0 Å². The van der Waals surface area contributed by atoms with Gasteiger partial charge < -0.3 is 25.2 Å². The van der Waals surface area contributed by atoms with Crippen molar-refractivity contribution >= 4 is 27.4 Å². The Balaban J connectivity index is 1.39. The van der Waals surface area contributed by atoms with E-state index in [0.717, 1.165) is 64.2 Å². The van der Waals surface area contributed by atoms with Crippen LogP contribution in [0.5, 0.6) is 11.5 Å². The molecule has 0 spiro atoms. The molecule has 2 aliphatic rings. The number of fused-ring (bicyclic) bond motifs is 2. The van der Waals surface area contributed by atoms with E-state index in [9.17, 15) is 9.90 Å². The molecule has 1 atom stereocenters. The summed E-state index contributed by atoms with van der Waals surface area (Å²) >= 11 is 3.50. The van der Waals surface area contributed by atoms with Crippen molar-refractivity contribution in [2.75, 3.05) is 19.6 Å². The second-order valence-electron chi connectivity index (χ2n) is 12.1. The molecule has 3 heterocycles. The fraction of sp³-hybridized carbons (Fsp3) is 0.394. The zero-order chi connectivity index (χ0) is 29.4. The van der Waals surface area contributed by atoms with Crippen LogP contribution in [0.4, 0.5) is 0 Å². The molecule has 0 unspecified atom stereocenters. The van der Waals surface area contributed by atoms with Crippen molar-refractivity contribution in [3.05, 3.63) is 93.7 Å². The Morgan fingerprint density at radius 3 is 2.66 bits per heavy atom. The number of likely N-dealkylation sites (tertiary alicyclic amines) is 1. The minimum absolute atomic E-state index is 0.328. The number of halogens is 1. The number of carbonyl (C=O) groups is 1. The van der Waals surface area contributed by atoms with Gasteiger partial charge >= 0.3 is 0 Å². The monoisotopic (exact) mass is 619 g/mol. The largest absolute Gasteiger partial charge is 0.487 e. The van der Waals surface area contributed by atoms with Gasteiger partial charge in [0.25, 0.3) is 5.91 Å². The molecule has 0 saturated carbocycles. The van der Waals surface area contributed by atoms with E-state index in [2.05, 4.69) is 51.8 Å². The van der Waals surface area contributed by atoms with Crippen molar-refractivity contribution < 1.29 is 19.4 Å². The summed E-state index contributed by atoms with van der Waals surface area (Å²) in [6.07, 6.45) is 5.48. The van der Waals surface area contributed by atoms with Crippen molar-refractivity contribution in [1.29, 1.82) is 0 Å². The average molecular weight is 621 g/mol. The molecule has 1 saturated heterocycles. The summed E-state index contributed by atoms with van der Waals surface area (Å²) in [5.74, 6) is 0.738. The molecular weight excluding hydrogens is 582 g/mol. The molecule has 0 bridgehead atoms. The molecule has 3 aromatic rings. The number of piperidine rings is 1. The maximum absolute atomic E-state index is 11.9. The number of hydrogen-bond acceptors (Lipinski definition) is 6. The molecule has 2 aliphatic heterocycles. The van der Waals surface area contributed by atoms with Gasteiger partial charge in [-0.15, -0.1) is 0 Å². The highest BCUT2D eigenvalue weighted by atomic mass is 79.9. The Morgan fingerprint density at radius 1 is 1.20 bits per heavy atom. The molecule has 0 radical (unpaired) electrons. The molecule has 1 fully saturated rings. The van der Waals surface area contributed by atoms with Gasteiger partial charge in [-0.2, -0.15) is 0 Å². The van der Waals surface area contributed by atoms with Crippen molar-refractivity contribution in [3.8, 4) is 11.5 Å². The van der Waals surface area contributed by atoms with Crippen molar-refractivity contribution in [1.82, 2.24) is 9.88 Å². The molecule has 8 heteroatoms. The Morgan fingerprint density at radius 2 is 1.95 bits per heavy atom. The summed E-state index contributed by atoms with van der Waals surface area (Å²) in [6.45, 7) is 10.4. The first-order chi connectivity index (χ1) is 19.4. The van der Waals surface area contributed by atoms with E-state index < -0.39 is 17.1 Å². The van der Waals surface area contributed by atoms with Gasteiger partial charge in [-0.25, -0.2) is 0 Å². The number of benzene rings is 2. The number of carbonyl (C=O) groups excluding carboxylic acids is 1. The molecular formula is C33H38BrN3O4. The highest BCUT2D eigenvalue weighted by molar-refractivity contribution is 9.10. The molecule has 1 aromatic heterocycles. The summed E-state index contributed by atoms with van der Waals surface area (Å²) in [7, 11) is 0. The summed E-state index contributed by atoms with van der Waals surface area (Å²) in [5, 5.41) is 11.8. The molecule has 1 amide bonds. The van der Waals surface area contributed by atoms with Gasteiger partial charge in [0.2, 0.25) is 0 Å². The topological polar surface area (TPSA) is 97.9 Å². The molecule has 41 heavy (non-hydrogen) atoms. The Kier molecular flexibility index (Phi) is 8.03. The number of hydrogen-bond donors (Lipinski definition) is 2. The van der Waals surface area contributed by atoms with Crippen LogP contribution in [-0.2, 0) is 17.0 Å². The smallest absolute Gasteiger partial charge is 0.261 e. The van der Waals surface area contributed by atoms with E-state index in [0.29, 0.717) is 18.8 Å². The molecule has 0 aliphatic carbocycles. The van der Waals surface area contributed by atoms with Crippen LogP contribution in [0.1, 0.15) is 62.9 Å². The highest BCUT2D eigenvalue weighted by Crippen LogP contribution is 2.46. The van der Waals surface area contributed by atoms with Crippen LogP contribution >= 0.6 is 15.9 Å². The van der Waals surface area contributed by atoms with Gasteiger partial charge in [0.15, 0.2) is 5.60 Å². The lowest BCUT2D eigenvalue weighted by Crippen LogP contribution is -2.55. The molecule has 3 N–H and O–H groups in total. The first-order valence-electron chi connectivity index (χ1n) is 14.0. The van der Waals surface area contributed by atoms with Gasteiger partial charge in [-0.1, -0.05) is 54.1 Å². The Labute approximate surface area is 250 Å². The maximum atomic E-state index is 11.9. The summed E-state index contributed by atoms with van der Waals surface area (Å²) in [6, 6.07) is 17.6. The van der Waals surface area contributed by atoms with Crippen LogP contribution in [0, 0.1) is 5.41 Å². The van der Waals surface area contributed by atoms with E-state index in [4.69, 9.17) is 15.2 Å². The van der Waals surface area contributed by atoms with Crippen molar-refractivity contribution in [3.63, 3.8) is 0 Å². The third-order valence-corrected chi connectivity index (χ3v) is 8.92. The molecule has 7 nitrogen and oxygen atoms in total. The quantitative estimate of drug-likeness (QED) is 0.346. The lowest BCUT2D eigenvalue weighted by molar-refractivity contribution is -0.130. The standard InChI is InChI=1S/C33H38BrN3O4/c1-31(2)21-37(18-15-33(31,39)22-9-11-23(34)12-10-22)17-6-8-25-26-7-5-16-36-28(26)20-40-29-14-13-24(19-27(25)29)41-32(3,4)30(35)38/h5,7-14,16,19,39H,6,15,17-18,20-21H2,1-4H3,(H2,35,38)/b25-8+/t33-/m0/s1. The minimum atomic E-state index is -1.15. The molecule has 2 aromatic carbocycles. The van der Waals surface area contributed by atoms with Crippen LogP contribution in [-0.4, -0.2) is 46.1 Å². The number of nitrogens with zero attached hydrogens (tertiary/aromatic N) is 2. The van der Waals surface area contributed by atoms with Crippen LogP contribution in [0.15, 0.2) is 71.3 Å². The van der Waals surface area contributed by atoms with Gasteiger partial charge in [-0.05, 0) is 74.2 Å². The fourth-order valence-corrected chi connectivity index (χ4v) is 6.10. The SMILES string of the molecule is CC(C)(Oc1ccc2c(c1)/C(=C/CCN1CC[C@](O)(c3ccc(Br)cc3)C(C)(C)C1)c1cccnc1CO2)C(N)=O. The number of aliphatic hydroxyl groups is 1. The van der Waals surface area contributed by atoms with Gasteiger partial charge in [-0.3, -0.25) is 9.78 Å². The number of amides is 1. The number of ether oxygens (including phenoxy) is 2. The lowest BCUT2D eigenvalue weighted by atomic mass is 9.66. The lowest BCUT2D eigenvalue weighted by Gasteiger charge is -2.50. The number of aromatic nitrogens is 1. The zero-order valence-corrected chi connectivity index (χ0v) is 25.7. The highest BCUT2D eigenvalue weighted by Gasteiger charge is 2.48. The van der Waals surface area contributed by atoms with E-state index >= 15 is 0 Å². The average Bonchev–Trinajstić information content (AvgIpc) is 3.07. The Bertz CT molecular complexity index is 1470. The van der Waals surface area contributed by atoms with Gasteiger partial charge in [0.05, 0.1) is 11.3 Å². The summed E-state index contributed by atoms with van der Waals surface area (Å²) < 4.78 is 13.1. The predicted molar refractivity (Wildman–Crippen MR) is 163 cm³/mol. The third kappa shape index (κ3) is 5.92. The third-order valence-electron chi connectivity index (χ3n) is 8.40. The maximum Gasteiger partial charge on any atom is 0.261 e. The van der Waals surface area contributed by atoms with Gasteiger partial charge in [0, 0.05) is 46.8 Å². The first-order valence-corrected chi connectivity index (χ1v) is 14.8. The van der Waals surface area contributed by atoms with Crippen molar-refractivity contribution in [2.45, 2.75) is 58.3 Å². The second kappa shape index (κ2) is 11.2. The van der Waals surface area contributed by atoms with Crippen LogP contribution < -0.4 is 15.2 Å². The minimum Gasteiger partial charge on any atom is -0.487 e. The number of rotatable bonds is 7. The Hall–Kier alpha value is -3.20. The first kappa shape index (κ1) is 29.3. The number of primary amides is 1. The van der Waals surface area contributed by atoms with E-state index in [1.807, 2.05) is 42.5 Å². The number of nitrogens with two attached hydrogens (primary N) is 1. The second-order valence-corrected chi connectivity index (χ2v) is 13.0. The predicted octanol–water partition coefficient (Wildman–Crippen LogP) is 5.82. The van der Waals surface area contributed by atoms with Gasteiger partial charge in [0.1, 0.15) is 18.1 Å². The van der Waals surface area contributed by atoms with E-state index in [-0.39, 0.29) is 5.41 Å². The molecule has 216 valence electrons. The number of pyridine rings is 1. The van der Waals surface area contributed by atoms with Crippen LogP contribution in [0.3, 0.4) is 0 Å². The summed E-state index contributed by atoms with van der Waals surface area (Å²) in [5.41, 5.74) is 7.94. The van der Waals surface area contributed by atoms with E-state index in [1.54, 1.807) is 26.1 Å². The van der Waals surface area contributed by atoms with Crippen LogP contribution in [0.25, 0.3) is 5.57 Å². The molecule has 5 rings (SSSR count). The van der Waals surface area contributed by atoms with Crippen molar-refractivity contribution in [2.24, 2.45) is 11.1 Å².